The van der Waals surface area contributed by atoms with Gasteiger partial charge in [-0.05, 0) is 98.9 Å². The van der Waals surface area contributed by atoms with Crippen molar-refractivity contribution in [3.05, 3.63) is 194 Å². The van der Waals surface area contributed by atoms with Crippen LogP contribution in [0.1, 0.15) is 0 Å². The van der Waals surface area contributed by atoms with Crippen molar-refractivity contribution in [2.45, 2.75) is 0 Å². The number of hydrogen-bond acceptors (Lipinski definition) is 4. The maximum absolute atomic E-state index is 6.61. The van der Waals surface area contributed by atoms with Crippen LogP contribution in [-0.4, -0.2) is 4.98 Å². The van der Waals surface area contributed by atoms with E-state index in [1.54, 1.807) is 0 Å². The first-order valence-corrected chi connectivity index (χ1v) is 18.5. The quantitative estimate of drug-likeness (QED) is 0.162. The maximum atomic E-state index is 6.61. The fraction of sp³-hybridized carbons (Fsp3) is 0. The van der Waals surface area contributed by atoms with E-state index in [1.165, 1.54) is 27.1 Å². The topological polar surface area (TPSA) is 42.4 Å². The molecular weight excluding hydrogens is 673 g/mol. The lowest BCUT2D eigenvalue weighted by Gasteiger charge is -2.27. The molecule has 258 valence electrons. The van der Waals surface area contributed by atoms with Crippen LogP contribution in [-0.2, 0) is 0 Å². The monoisotopic (exact) mass is 704 g/mol. The van der Waals surface area contributed by atoms with Gasteiger partial charge in [0.05, 0.1) is 5.56 Å². The fourth-order valence-corrected chi connectivity index (χ4v) is 8.02. The van der Waals surface area contributed by atoms with E-state index >= 15 is 0 Å². The first-order chi connectivity index (χ1) is 27.2. The number of nitrogens with zero attached hydrogens (tertiary/aromatic N) is 2. The van der Waals surface area contributed by atoms with Crippen molar-refractivity contribution < 1.29 is 8.83 Å². The van der Waals surface area contributed by atoms with Gasteiger partial charge in [0, 0.05) is 33.4 Å². The minimum Gasteiger partial charge on any atom is -0.455 e. The van der Waals surface area contributed by atoms with E-state index < -0.39 is 0 Å². The first kappa shape index (κ1) is 31.1. The number of anilines is 3. The summed E-state index contributed by atoms with van der Waals surface area (Å²) in [5.74, 6) is 0.582. The van der Waals surface area contributed by atoms with Crippen molar-refractivity contribution in [1.82, 2.24) is 4.98 Å². The normalized spacial score (nSPS) is 11.6. The number of oxazole rings is 1. The molecule has 4 nitrogen and oxygen atoms in total. The van der Waals surface area contributed by atoms with E-state index in [2.05, 4.69) is 150 Å². The highest BCUT2D eigenvalue weighted by Crippen LogP contribution is 2.44. The standard InChI is InChI=1S/C51H32N2O2/c1-3-12-33(13-4-1)38-17-11-18-40(30-38)53(41-29-24-35-23-22-34-14-7-8-19-42(34)44(35)31-41)39-27-25-36(26-28-39)48-49-45(43-20-9-10-21-47(43)54-49)32-46-50(48)55-51(52-46)37-15-5-2-6-16-37/h1-32H. The molecule has 0 saturated heterocycles. The molecule has 0 radical (unpaired) electrons. The predicted octanol–water partition coefficient (Wildman–Crippen LogP) is 14.5. The van der Waals surface area contributed by atoms with Gasteiger partial charge in [-0.3, -0.25) is 0 Å². The van der Waals surface area contributed by atoms with Gasteiger partial charge in [0.15, 0.2) is 5.58 Å². The lowest BCUT2D eigenvalue weighted by Crippen LogP contribution is -2.10. The molecular formula is C51H32N2O2. The molecule has 9 aromatic carbocycles. The molecule has 0 fully saturated rings. The molecule has 0 N–H and O–H groups in total. The van der Waals surface area contributed by atoms with Gasteiger partial charge in [0.2, 0.25) is 5.89 Å². The lowest BCUT2D eigenvalue weighted by molar-refractivity contribution is 0.619. The van der Waals surface area contributed by atoms with Crippen LogP contribution in [0.3, 0.4) is 0 Å². The molecule has 0 bridgehead atoms. The number of aromatic nitrogens is 1. The Morgan fingerprint density at radius 3 is 1.82 bits per heavy atom. The van der Waals surface area contributed by atoms with Crippen LogP contribution >= 0.6 is 0 Å². The predicted molar refractivity (Wildman–Crippen MR) is 227 cm³/mol. The molecule has 11 aromatic rings. The van der Waals surface area contributed by atoms with Gasteiger partial charge in [-0.1, -0.05) is 133 Å². The van der Waals surface area contributed by atoms with Crippen molar-refractivity contribution in [2.75, 3.05) is 4.90 Å². The zero-order chi connectivity index (χ0) is 36.3. The van der Waals surface area contributed by atoms with E-state index in [9.17, 15) is 0 Å². The molecule has 0 aliphatic rings. The van der Waals surface area contributed by atoms with Gasteiger partial charge < -0.3 is 13.7 Å². The highest BCUT2D eigenvalue weighted by Gasteiger charge is 2.22. The SMILES string of the molecule is c1ccc(-c2cccc(N(c3ccc(-c4c5oc(-c6ccccc6)nc5cc5c4oc4ccccc45)cc3)c3ccc4ccc5ccccc5c4c3)c2)cc1. The van der Waals surface area contributed by atoms with Crippen LogP contribution in [0.2, 0.25) is 0 Å². The smallest absolute Gasteiger partial charge is 0.227 e. The Hall–Kier alpha value is -7.43. The van der Waals surface area contributed by atoms with Crippen LogP contribution in [0.25, 0.3) is 88.3 Å². The van der Waals surface area contributed by atoms with Crippen LogP contribution in [0.4, 0.5) is 17.1 Å². The maximum Gasteiger partial charge on any atom is 0.227 e. The third-order valence-electron chi connectivity index (χ3n) is 10.7. The van der Waals surface area contributed by atoms with Gasteiger partial charge in [0.1, 0.15) is 16.7 Å². The Balaban J connectivity index is 1.11. The summed E-state index contributed by atoms with van der Waals surface area (Å²) in [7, 11) is 0. The number of fused-ring (bicyclic) bond motifs is 7. The molecule has 0 unspecified atom stereocenters. The van der Waals surface area contributed by atoms with Gasteiger partial charge in [-0.2, -0.15) is 0 Å². The Morgan fingerprint density at radius 2 is 1.00 bits per heavy atom. The lowest BCUT2D eigenvalue weighted by atomic mass is 9.99. The van der Waals surface area contributed by atoms with Crippen LogP contribution in [0, 0.1) is 0 Å². The Kier molecular flexibility index (Phi) is 7.14. The van der Waals surface area contributed by atoms with E-state index in [0.717, 1.165) is 66.8 Å². The third-order valence-corrected chi connectivity index (χ3v) is 10.7. The van der Waals surface area contributed by atoms with Crippen LogP contribution in [0.15, 0.2) is 203 Å². The van der Waals surface area contributed by atoms with Crippen molar-refractivity contribution >= 4 is 71.6 Å². The minimum atomic E-state index is 0.582. The molecule has 0 aliphatic carbocycles. The number of hydrogen-bond donors (Lipinski definition) is 0. The summed E-state index contributed by atoms with van der Waals surface area (Å²) in [4.78, 5) is 7.34. The van der Waals surface area contributed by atoms with Gasteiger partial charge >= 0.3 is 0 Å². The van der Waals surface area contributed by atoms with Crippen molar-refractivity contribution in [3.63, 3.8) is 0 Å². The molecule has 0 aliphatic heterocycles. The molecule has 4 heteroatoms. The second-order valence-corrected chi connectivity index (χ2v) is 14.0. The largest absolute Gasteiger partial charge is 0.455 e. The summed E-state index contributed by atoms with van der Waals surface area (Å²) in [5, 5.41) is 6.95. The minimum absolute atomic E-state index is 0.582. The summed E-state index contributed by atoms with van der Waals surface area (Å²) in [6, 6.07) is 68.2. The average Bonchev–Trinajstić information content (AvgIpc) is 3.85. The number of rotatable bonds is 6. The molecule has 0 atom stereocenters. The Morgan fingerprint density at radius 1 is 0.364 bits per heavy atom. The van der Waals surface area contributed by atoms with E-state index in [-0.39, 0.29) is 0 Å². The fourth-order valence-electron chi connectivity index (χ4n) is 8.02. The molecule has 2 aromatic heterocycles. The van der Waals surface area contributed by atoms with Gasteiger partial charge in [-0.25, -0.2) is 4.98 Å². The number of benzene rings is 9. The first-order valence-electron chi connectivity index (χ1n) is 18.5. The van der Waals surface area contributed by atoms with Crippen LogP contribution in [0.5, 0.6) is 0 Å². The summed E-state index contributed by atoms with van der Waals surface area (Å²) >= 11 is 0. The molecule has 55 heavy (non-hydrogen) atoms. The van der Waals surface area contributed by atoms with Crippen molar-refractivity contribution in [1.29, 1.82) is 0 Å². The summed E-state index contributed by atoms with van der Waals surface area (Å²) < 4.78 is 13.2. The second-order valence-electron chi connectivity index (χ2n) is 14.0. The number of para-hydroxylation sites is 1. The highest BCUT2D eigenvalue weighted by atomic mass is 16.4. The second kappa shape index (κ2) is 12.6. The molecule has 2 heterocycles. The van der Waals surface area contributed by atoms with E-state index in [1.807, 2.05) is 48.5 Å². The number of furan rings is 1. The molecule has 0 saturated carbocycles. The van der Waals surface area contributed by atoms with Gasteiger partial charge in [-0.15, -0.1) is 0 Å². The summed E-state index contributed by atoms with van der Waals surface area (Å²) in [6.07, 6.45) is 0. The van der Waals surface area contributed by atoms with E-state index in [4.69, 9.17) is 13.8 Å². The molecule has 0 amide bonds. The van der Waals surface area contributed by atoms with E-state index in [0.29, 0.717) is 11.5 Å². The Labute approximate surface area is 317 Å². The molecule has 0 spiro atoms. The summed E-state index contributed by atoms with van der Waals surface area (Å²) in [6.45, 7) is 0. The van der Waals surface area contributed by atoms with Crippen molar-refractivity contribution in [3.8, 4) is 33.7 Å². The zero-order valence-electron chi connectivity index (χ0n) is 29.7. The highest BCUT2D eigenvalue weighted by molar-refractivity contribution is 6.16. The Bertz CT molecular complexity index is 3200. The van der Waals surface area contributed by atoms with Crippen LogP contribution < -0.4 is 4.90 Å². The average molecular weight is 705 g/mol. The third kappa shape index (κ3) is 5.26. The summed E-state index contributed by atoms with van der Waals surface area (Å²) in [5.41, 5.74) is 11.4. The van der Waals surface area contributed by atoms with Crippen molar-refractivity contribution in [2.24, 2.45) is 0 Å². The molecule has 11 rings (SSSR count). The van der Waals surface area contributed by atoms with Gasteiger partial charge in [0.25, 0.3) is 0 Å². The zero-order valence-corrected chi connectivity index (χ0v) is 29.7.